The summed E-state index contributed by atoms with van der Waals surface area (Å²) in [6.07, 6.45) is 1.17. The summed E-state index contributed by atoms with van der Waals surface area (Å²) in [6, 6.07) is 4.03. The number of ether oxygens (including phenoxy) is 2. The minimum Gasteiger partial charge on any atom is -0.496 e. The van der Waals surface area contributed by atoms with Crippen molar-refractivity contribution in [3.05, 3.63) is 23.3 Å². The van der Waals surface area contributed by atoms with E-state index in [-0.39, 0.29) is 10.8 Å². The average Bonchev–Trinajstić information content (AvgIpc) is 2.57. The van der Waals surface area contributed by atoms with E-state index >= 15 is 0 Å². The highest BCUT2D eigenvalue weighted by Crippen LogP contribution is 2.55. The van der Waals surface area contributed by atoms with Crippen molar-refractivity contribution in [2.45, 2.75) is 46.0 Å². The number of carbonyl (C=O) groups is 1. The molecule has 3 heteroatoms. The maximum absolute atomic E-state index is 12.0. The molecule has 1 unspecified atom stereocenters. The molecule has 3 nitrogen and oxygen atoms in total. The second-order valence-electron chi connectivity index (χ2n) is 6.63. The molecule has 2 rings (SSSR count). The number of Topliss-reactive ketones (excluding diaryl/α,β-unsaturated/α-hetero) is 1. The van der Waals surface area contributed by atoms with Crippen molar-refractivity contribution in [1.82, 2.24) is 0 Å². The molecular formula is C17H24O3. The molecule has 0 heterocycles. The summed E-state index contributed by atoms with van der Waals surface area (Å²) >= 11 is 0. The fourth-order valence-electron chi connectivity index (χ4n) is 3.33. The van der Waals surface area contributed by atoms with E-state index < -0.39 is 0 Å². The van der Waals surface area contributed by atoms with E-state index in [4.69, 9.17) is 9.47 Å². The molecule has 1 aromatic carbocycles. The molecule has 1 aliphatic carbocycles. The lowest BCUT2D eigenvalue weighted by molar-refractivity contribution is -0.118. The van der Waals surface area contributed by atoms with Crippen molar-refractivity contribution >= 4 is 5.78 Å². The van der Waals surface area contributed by atoms with Crippen LogP contribution in [0.25, 0.3) is 0 Å². The van der Waals surface area contributed by atoms with Gasteiger partial charge in [0.15, 0.2) is 0 Å². The predicted molar refractivity (Wildman–Crippen MR) is 79.7 cm³/mol. The molecule has 1 aromatic rings. The topological polar surface area (TPSA) is 35.5 Å². The highest BCUT2D eigenvalue weighted by molar-refractivity contribution is 5.84. The number of ketones is 1. The molecule has 0 bridgehead atoms. The minimum atomic E-state index is -0.226. The van der Waals surface area contributed by atoms with Gasteiger partial charge >= 0.3 is 0 Å². The van der Waals surface area contributed by atoms with Crippen LogP contribution in [-0.2, 0) is 10.2 Å². The van der Waals surface area contributed by atoms with Crippen molar-refractivity contribution in [3.8, 4) is 11.5 Å². The molecule has 0 aliphatic heterocycles. The number of hydrogen-bond acceptors (Lipinski definition) is 3. The molecule has 0 amide bonds. The number of hydrogen-bond donors (Lipinski definition) is 0. The van der Waals surface area contributed by atoms with Crippen LogP contribution in [0.4, 0.5) is 0 Å². The fraction of sp³-hybridized carbons (Fsp3) is 0.588. The molecule has 0 saturated heterocycles. The monoisotopic (exact) mass is 276 g/mol. The third-order valence-corrected chi connectivity index (χ3v) is 4.99. The predicted octanol–water partition coefficient (Wildman–Crippen LogP) is 3.66. The summed E-state index contributed by atoms with van der Waals surface area (Å²) in [4.78, 5) is 12.0. The molecular weight excluding hydrogens is 252 g/mol. The van der Waals surface area contributed by atoms with E-state index in [0.29, 0.717) is 18.6 Å². The molecule has 1 aliphatic rings. The maximum atomic E-state index is 12.0. The summed E-state index contributed by atoms with van der Waals surface area (Å²) in [6.45, 7) is 8.47. The number of aryl methyl sites for hydroxylation is 1. The molecule has 1 fully saturated rings. The van der Waals surface area contributed by atoms with E-state index in [0.717, 1.165) is 22.6 Å². The Kier molecular flexibility index (Phi) is 3.57. The van der Waals surface area contributed by atoms with Gasteiger partial charge in [-0.15, -0.1) is 0 Å². The summed E-state index contributed by atoms with van der Waals surface area (Å²) in [5, 5.41) is 0. The standard InChI is InChI=1S/C17H24O3/c1-11-7-15(20-6)13(8-14(11)19-5)17(4)10-12(18)9-16(17,2)3/h7-8H,9-10H2,1-6H3. The average molecular weight is 276 g/mol. The van der Waals surface area contributed by atoms with Crippen molar-refractivity contribution in [2.24, 2.45) is 5.41 Å². The number of rotatable bonds is 3. The minimum absolute atomic E-state index is 0.0857. The van der Waals surface area contributed by atoms with Crippen molar-refractivity contribution in [3.63, 3.8) is 0 Å². The lowest BCUT2D eigenvalue weighted by atomic mass is 9.65. The van der Waals surface area contributed by atoms with E-state index in [1.165, 1.54) is 0 Å². The van der Waals surface area contributed by atoms with Crippen LogP contribution >= 0.6 is 0 Å². The van der Waals surface area contributed by atoms with E-state index in [2.05, 4.69) is 20.8 Å². The van der Waals surface area contributed by atoms with Gasteiger partial charge in [-0.25, -0.2) is 0 Å². The number of benzene rings is 1. The number of carbonyl (C=O) groups excluding carboxylic acids is 1. The first-order valence-electron chi connectivity index (χ1n) is 7.00. The number of methoxy groups -OCH3 is 2. The highest BCUT2D eigenvalue weighted by atomic mass is 16.5. The van der Waals surface area contributed by atoms with Crippen LogP contribution in [0.3, 0.4) is 0 Å². The van der Waals surface area contributed by atoms with Gasteiger partial charge in [-0.2, -0.15) is 0 Å². The second-order valence-corrected chi connectivity index (χ2v) is 6.63. The lowest BCUT2D eigenvalue weighted by Crippen LogP contribution is -2.34. The Balaban J connectivity index is 2.64. The van der Waals surface area contributed by atoms with Crippen LogP contribution in [0, 0.1) is 12.3 Å². The summed E-state index contributed by atoms with van der Waals surface area (Å²) in [5.41, 5.74) is 1.80. The molecule has 1 atom stereocenters. The van der Waals surface area contributed by atoms with Crippen molar-refractivity contribution in [1.29, 1.82) is 0 Å². The Labute approximate surface area is 121 Å². The largest absolute Gasteiger partial charge is 0.496 e. The van der Waals surface area contributed by atoms with Gasteiger partial charge in [0, 0.05) is 23.8 Å². The molecule has 0 N–H and O–H groups in total. The zero-order chi connectivity index (χ0) is 15.1. The zero-order valence-corrected chi connectivity index (χ0v) is 13.3. The Hall–Kier alpha value is -1.51. The quantitative estimate of drug-likeness (QED) is 0.845. The van der Waals surface area contributed by atoms with Gasteiger partial charge in [0.2, 0.25) is 0 Å². The first kappa shape index (κ1) is 14.9. The third kappa shape index (κ3) is 2.09. The maximum Gasteiger partial charge on any atom is 0.134 e. The summed E-state index contributed by atoms with van der Waals surface area (Å²) < 4.78 is 11.0. The zero-order valence-electron chi connectivity index (χ0n) is 13.3. The van der Waals surface area contributed by atoms with Crippen LogP contribution in [0.2, 0.25) is 0 Å². The molecule has 20 heavy (non-hydrogen) atoms. The van der Waals surface area contributed by atoms with Gasteiger partial charge in [0.25, 0.3) is 0 Å². The van der Waals surface area contributed by atoms with Gasteiger partial charge in [-0.1, -0.05) is 20.8 Å². The van der Waals surface area contributed by atoms with Crippen LogP contribution in [0.5, 0.6) is 11.5 Å². The Morgan fingerprint density at radius 3 is 2.05 bits per heavy atom. The smallest absolute Gasteiger partial charge is 0.134 e. The summed E-state index contributed by atoms with van der Waals surface area (Å²) in [7, 11) is 3.35. The van der Waals surface area contributed by atoms with Gasteiger partial charge < -0.3 is 9.47 Å². The Morgan fingerprint density at radius 2 is 1.60 bits per heavy atom. The molecule has 1 saturated carbocycles. The van der Waals surface area contributed by atoms with Crippen LogP contribution in [-0.4, -0.2) is 20.0 Å². The SMILES string of the molecule is COc1cc(C2(C)CC(=O)CC2(C)C)c(OC)cc1C. The van der Waals surface area contributed by atoms with Crippen LogP contribution in [0.1, 0.15) is 44.7 Å². The lowest BCUT2D eigenvalue weighted by Gasteiger charge is -2.39. The summed E-state index contributed by atoms with van der Waals surface area (Å²) in [5.74, 6) is 2.00. The molecule has 0 spiro atoms. The van der Waals surface area contributed by atoms with Crippen LogP contribution in [0.15, 0.2) is 12.1 Å². The Morgan fingerprint density at radius 1 is 1.00 bits per heavy atom. The highest BCUT2D eigenvalue weighted by Gasteiger charge is 2.51. The van der Waals surface area contributed by atoms with Gasteiger partial charge in [0.1, 0.15) is 17.3 Å². The van der Waals surface area contributed by atoms with Crippen molar-refractivity contribution in [2.75, 3.05) is 14.2 Å². The second kappa shape index (κ2) is 4.80. The van der Waals surface area contributed by atoms with Gasteiger partial charge in [0.05, 0.1) is 14.2 Å². The third-order valence-electron chi connectivity index (χ3n) is 4.99. The van der Waals surface area contributed by atoms with Crippen LogP contribution < -0.4 is 9.47 Å². The fourth-order valence-corrected chi connectivity index (χ4v) is 3.33. The first-order valence-corrected chi connectivity index (χ1v) is 7.00. The normalized spacial score (nSPS) is 24.8. The Bertz CT molecular complexity index is 545. The first-order chi connectivity index (χ1) is 9.25. The van der Waals surface area contributed by atoms with Gasteiger partial charge in [-0.05, 0) is 30.0 Å². The van der Waals surface area contributed by atoms with E-state index in [1.54, 1.807) is 14.2 Å². The van der Waals surface area contributed by atoms with E-state index in [1.807, 2.05) is 19.1 Å². The molecule has 110 valence electrons. The molecule has 0 radical (unpaired) electrons. The van der Waals surface area contributed by atoms with Crippen molar-refractivity contribution < 1.29 is 14.3 Å². The molecule has 0 aromatic heterocycles. The van der Waals surface area contributed by atoms with E-state index in [9.17, 15) is 4.79 Å². The van der Waals surface area contributed by atoms with Gasteiger partial charge in [-0.3, -0.25) is 4.79 Å².